The van der Waals surface area contributed by atoms with Crippen LogP contribution in [-0.4, -0.2) is 18.3 Å². The van der Waals surface area contributed by atoms with Gasteiger partial charge in [-0.1, -0.05) is 19.9 Å². The minimum absolute atomic E-state index is 0.245. The highest BCUT2D eigenvalue weighted by atomic mass is 16.5. The van der Waals surface area contributed by atoms with Crippen molar-refractivity contribution in [1.29, 1.82) is 0 Å². The van der Waals surface area contributed by atoms with Crippen LogP contribution in [0.3, 0.4) is 0 Å². The van der Waals surface area contributed by atoms with Crippen molar-refractivity contribution in [3.05, 3.63) is 29.3 Å². The lowest BCUT2D eigenvalue weighted by atomic mass is 9.98. The van der Waals surface area contributed by atoms with Gasteiger partial charge in [-0.25, -0.2) is 0 Å². The Kier molecular flexibility index (Phi) is 5.33. The maximum absolute atomic E-state index is 8.65. The van der Waals surface area contributed by atoms with Gasteiger partial charge in [0.2, 0.25) is 0 Å². The molecular weight excluding hydrogens is 200 g/mol. The fraction of sp³-hybridized carbons (Fsp3) is 0.571. The first kappa shape index (κ1) is 13.0. The first-order valence-corrected chi connectivity index (χ1v) is 5.99. The topological polar surface area (TPSA) is 29.5 Å². The van der Waals surface area contributed by atoms with Gasteiger partial charge in [-0.3, -0.25) is 0 Å². The number of ether oxygens (including phenoxy) is 1. The molecule has 0 amide bonds. The van der Waals surface area contributed by atoms with Gasteiger partial charge in [0.1, 0.15) is 5.75 Å². The molecule has 90 valence electrons. The van der Waals surface area contributed by atoms with E-state index in [1.54, 1.807) is 0 Å². The number of hydrogen-bond acceptors (Lipinski definition) is 2. The number of rotatable bonds is 6. The average molecular weight is 222 g/mol. The predicted molar refractivity (Wildman–Crippen MR) is 67.1 cm³/mol. The van der Waals surface area contributed by atoms with Crippen molar-refractivity contribution in [3.63, 3.8) is 0 Å². The van der Waals surface area contributed by atoms with Gasteiger partial charge < -0.3 is 9.84 Å². The second kappa shape index (κ2) is 6.54. The molecule has 1 aromatic carbocycles. The van der Waals surface area contributed by atoms with Crippen molar-refractivity contribution < 1.29 is 9.84 Å². The molecule has 2 nitrogen and oxygen atoms in total. The Labute approximate surface area is 98.3 Å². The quantitative estimate of drug-likeness (QED) is 0.748. The predicted octanol–water partition coefficient (Wildman–Crippen LogP) is 3.27. The summed E-state index contributed by atoms with van der Waals surface area (Å²) in [4.78, 5) is 0. The summed E-state index contributed by atoms with van der Waals surface area (Å²) in [6, 6.07) is 6.26. The third kappa shape index (κ3) is 3.86. The zero-order chi connectivity index (χ0) is 12.0. The molecule has 1 aromatic rings. The van der Waals surface area contributed by atoms with Crippen LogP contribution in [0.5, 0.6) is 5.75 Å². The highest BCUT2D eigenvalue weighted by Crippen LogP contribution is 2.23. The van der Waals surface area contributed by atoms with Gasteiger partial charge in [0.25, 0.3) is 0 Å². The number of aryl methyl sites for hydroxylation is 1. The van der Waals surface area contributed by atoms with E-state index in [0.717, 1.165) is 18.6 Å². The van der Waals surface area contributed by atoms with E-state index in [2.05, 4.69) is 32.9 Å². The van der Waals surface area contributed by atoms with Crippen molar-refractivity contribution in [3.8, 4) is 5.75 Å². The summed E-state index contributed by atoms with van der Waals surface area (Å²) < 4.78 is 5.61. The van der Waals surface area contributed by atoms with Crippen LogP contribution < -0.4 is 4.74 Å². The number of aliphatic hydroxyl groups excluding tert-OH is 1. The first-order valence-electron chi connectivity index (χ1n) is 5.99. The van der Waals surface area contributed by atoms with Crippen molar-refractivity contribution in [2.75, 3.05) is 13.2 Å². The summed E-state index contributed by atoms with van der Waals surface area (Å²) in [5.41, 5.74) is 2.66. The van der Waals surface area contributed by atoms with Gasteiger partial charge >= 0.3 is 0 Å². The Morgan fingerprint density at radius 3 is 2.56 bits per heavy atom. The lowest BCUT2D eigenvalue weighted by Crippen LogP contribution is -2.00. The Morgan fingerprint density at radius 1 is 1.25 bits per heavy atom. The molecule has 0 spiro atoms. The molecule has 0 unspecified atom stereocenters. The van der Waals surface area contributed by atoms with Crippen LogP contribution in [0.15, 0.2) is 18.2 Å². The zero-order valence-corrected chi connectivity index (χ0v) is 10.5. The number of unbranched alkanes of at least 4 members (excludes halogenated alkanes) is 1. The highest BCUT2D eigenvalue weighted by Gasteiger charge is 2.04. The summed E-state index contributed by atoms with van der Waals surface area (Å²) in [5, 5.41) is 8.65. The normalized spacial score (nSPS) is 10.8. The Bertz CT molecular complexity index is 319. The van der Waals surface area contributed by atoms with E-state index in [4.69, 9.17) is 9.84 Å². The largest absolute Gasteiger partial charge is 0.494 e. The Balaban J connectivity index is 2.53. The third-order valence-electron chi connectivity index (χ3n) is 2.68. The zero-order valence-electron chi connectivity index (χ0n) is 10.5. The van der Waals surface area contributed by atoms with Crippen LogP contribution in [0.4, 0.5) is 0 Å². The van der Waals surface area contributed by atoms with Gasteiger partial charge in [0.15, 0.2) is 0 Å². The summed E-state index contributed by atoms with van der Waals surface area (Å²) in [6.45, 7) is 7.44. The molecule has 0 aliphatic carbocycles. The second-order valence-electron chi connectivity index (χ2n) is 4.45. The molecule has 0 heterocycles. The van der Waals surface area contributed by atoms with Crippen LogP contribution in [0.2, 0.25) is 0 Å². The number of hydrogen-bond donors (Lipinski definition) is 1. The van der Waals surface area contributed by atoms with Crippen LogP contribution in [0.1, 0.15) is 43.7 Å². The minimum atomic E-state index is 0.245. The van der Waals surface area contributed by atoms with Crippen LogP contribution in [0.25, 0.3) is 0 Å². The maximum Gasteiger partial charge on any atom is 0.119 e. The summed E-state index contributed by atoms with van der Waals surface area (Å²) in [6.07, 6.45) is 1.71. The van der Waals surface area contributed by atoms with E-state index in [1.807, 2.05) is 6.07 Å². The smallest absolute Gasteiger partial charge is 0.119 e. The van der Waals surface area contributed by atoms with E-state index >= 15 is 0 Å². The molecular formula is C14H22O2. The summed E-state index contributed by atoms with van der Waals surface area (Å²) in [7, 11) is 0. The molecule has 0 fully saturated rings. The Morgan fingerprint density at radius 2 is 2.00 bits per heavy atom. The van der Waals surface area contributed by atoms with Crippen LogP contribution >= 0.6 is 0 Å². The molecule has 1 N–H and O–H groups in total. The minimum Gasteiger partial charge on any atom is -0.494 e. The van der Waals surface area contributed by atoms with Gasteiger partial charge in [-0.05, 0) is 48.9 Å². The fourth-order valence-electron chi connectivity index (χ4n) is 1.79. The molecule has 0 atom stereocenters. The SMILES string of the molecule is Cc1cc(OCCCCO)ccc1C(C)C. The monoisotopic (exact) mass is 222 g/mol. The number of aliphatic hydroxyl groups is 1. The van der Waals surface area contributed by atoms with Crippen molar-refractivity contribution in [2.45, 2.75) is 39.5 Å². The third-order valence-corrected chi connectivity index (χ3v) is 2.68. The molecule has 2 heteroatoms. The molecule has 0 radical (unpaired) electrons. The summed E-state index contributed by atoms with van der Waals surface area (Å²) in [5.74, 6) is 1.49. The lowest BCUT2D eigenvalue weighted by Gasteiger charge is -2.12. The van der Waals surface area contributed by atoms with Crippen LogP contribution in [0, 0.1) is 6.92 Å². The molecule has 0 aromatic heterocycles. The van der Waals surface area contributed by atoms with Gasteiger partial charge in [-0.2, -0.15) is 0 Å². The van der Waals surface area contributed by atoms with Gasteiger partial charge in [0, 0.05) is 6.61 Å². The van der Waals surface area contributed by atoms with Crippen molar-refractivity contribution >= 4 is 0 Å². The average Bonchev–Trinajstić information content (AvgIpc) is 2.24. The lowest BCUT2D eigenvalue weighted by molar-refractivity contribution is 0.253. The van der Waals surface area contributed by atoms with E-state index < -0.39 is 0 Å². The molecule has 0 bridgehead atoms. The van der Waals surface area contributed by atoms with E-state index in [0.29, 0.717) is 12.5 Å². The van der Waals surface area contributed by atoms with E-state index in [9.17, 15) is 0 Å². The molecule has 16 heavy (non-hydrogen) atoms. The van der Waals surface area contributed by atoms with Crippen molar-refractivity contribution in [2.24, 2.45) is 0 Å². The van der Waals surface area contributed by atoms with Crippen molar-refractivity contribution in [1.82, 2.24) is 0 Å². The Hall–Kier alpha value is -1.02. The van der Waals surface area contributed by atoms with Crippen LogP contribution in [-0.2, 0) is 0 Å². The summed E-state index contributed by atoms with van der Waals surface area (Å²) >= 11 is 0. The van der Waals surface area contributed by atoms with E-state index in [1.165, 1.54) is 11.1 Å². The molecule has 0 saturated carbocycles. The molecule has 0 aliphatic heterocycles. The van der Waals surface area contributed by atoms with Gasteiger partial charge in [0.05, 0.1) is 6.61 Å². The first-order chi connectivity index (χ1) is 7.65. The molecule has 1 rings (SSSR count). The number of benzene rings is 1. The second-order valence-corrected chi connectivity index (χ2v) is 4.45. The molecule has 0 saturated heterocycles. The van der Waals surface area contributed by atoms with Gasteiger partial charge in [-0.15, -0.1) is 0 Å². The van der Waals surface area contributed by atoms with E-state index in [-0.39, 0.29) is 6.61 Å². The molecule has 0 aliphatic rings. The fourth-order valence-corrected chi connectivity index (χ4v) is 1.79. The standard InChI is InChI=1S/C14H22O2/c1-11(2)14-7-6-13(10-12(14)3)16-9-5-4-8-15/h6-7,10-11,15H,4-5,8-9H2,1-3H3. The highest BCUT2D eigenvalue weighted by molar-refractivity contribution is 5.36. The maximum atomic E-state index is 8.65.